The van der Waals surface area contributed by atoms with Gasteiger partial charge in [-0.3, -0.25) is 10.1 Å². The van der Waals surface area contributed by atoms with Crippen molar-refractivity contribution in [3.8, 4) is 0 Å². The molecule has 1 atom stereocenters. The lowest BCUT2D eigenvalue weighted by Gasteiger charge is -2.15. The molecular weight excluding hydrogens is 507 g/mol. The van der Waals surface area contributed by atoms with Gasteiger partial charge in [0.05, 0.1) is 18.1 Å². The quantitative estimate of drug-likeness (QED) is 0.185. The number of ether oxygens (including phenoxy) is 1. The molecule has 2 N–H and O–H groups in total. The fourth-order valence-corrected chi connectivity index (χ4v) is 2.97. The number of halogens is 2. The smallest absolute Gasteiger partial charge is 0.269 e. The van der Waals surface area contributed by atoms with E-state index in [1.807, 2.05) is 24.3 Å². The van der Waals surface area contributed by atoms with Crippen molar-refractivity contribution < 1.29 is 9.66 Å². The summed E-state index contributed by atoms with van der Waals surface area (Å²) in [7, 11) is 0. The van der Waals surface area contributed by atoms with Gasteiger partial charge in [0.25, 0.3) is 5.69 Å². The Balaban J connectivity index is 0.00000300. The van der Waals surface area contributed by atoms with Crippen LogP contribution in [0.4, 0.5) is 5.69 Å². The highest BCUT2D eigenvalue weighted by Crippen LogP contribution is 2.13. The molecule has 1 fully saturated rings. The number of guanidine groups is 1. The van der Waals surface area contributed by atoms with Crippen LogP contribution in [0.25, 0.3) is 0 Å². The van der Waals surface area contributed by atoms with Crippen LogP contribution in [-0.2, 0) is 17.8 Å². The average molecular weight is 531 g/mol. The van der Waals surface area contributed by atoms with Crippen LogP contribution in [-0.4, -0.2) is 30.6 Å². The van der Waals surface area contributed by atoms with Crippen molar-refractivity contribution in [2.45, 2.75) is 19.5 Å². The molecule has 3 rings (SSSR count). The maximum Gasteiger partial charge on any atom is 0.269 e. The van der Waals surface area contributed by atoms with Gasteiger partial charge in [0.1, 0.15) is 0 Å². The number of hydrogen-bond acceptors (Lipinski definition) is 4. The van der Waals surface area contributed by atoms with Gasteiger partial charge in [0.15, 0.2) is 5.96 Å². The molecule has 156 valence electrons. The number of aliphatic imine (C=N–C) groups is 1. The van der Waals surface area contributed by atoms with Crippen LogP contribution in [0.1, 0.15) is 17.5 Å². The maximum atomic E-state index is 10.8. The molecule has 0 bridgehead atoms. The predicted octanol–water partition coefficient (Wildman–Crippen LogP) is 4.14. The van der Waals surface area contributed by atoms with E-state index in [0.717, 1.165) is 37.3 Å². The second kappa shape index (κ2) is 11.9. The first-order chi connectivity index (χ1) is 13.6. The van der Waals surface area contributed by atoms with Crippen LogP contribution < -0.4 is 10.6 Å². The van der Waals surface area contributed by atoms with E-state index >= 15 is 0 Å². The van der Waals surface area contributed by atoms with Crippen LogP contribution in [0.15, 0.2) is 53.5 Å². The first kappa shape index (κ1) is 23.4. The zero-order chi connectivity index (χ0) is 19.8. The summed E-state index contributed by atoms with van der Waals surface area (Å²) in [5.74, 6) is 1.17. The van der Waals surface area contributed by atoms with Gasteiger partial charge < -0.3 is 15.4 Å². The summed E-state index contributed by atoms with van der Waals surface area (Å²) in [5, 5.41) is 18.1. The molecule has 0 aromatic heterocycles. The SMILES string of the molecule is I.O=[N+]([O-])c1ccc(CNC(=NCc2ccc(Cl)cc2)NCC2CCOC2)cc1. The first-order valence-corrected chi connectivity index (χ1v) is 9.55. The standard InChI is InChI=1S/C20H23ClN4O3.HI/c21-18-5-1-15(2-6-18)11-22-20(24-13-17-9-10-28-14-17)23-12-16-3-7-19(8-4-16)25(26)27;/h1-8,17H,9-14H2,(H2,22,23,24);1H. The molecule has 7 nitrogen and oxygen atoms in total. The number of nitrogens with one attached hydrogen (secondary N) is 2. The second-order valence-electron chi connectivity index (χ2n) is 6.68. The van der Waals surface area contributed by atoms with Gasteiger partial charge in [0.2, 0.25) is 0 Å². The van der Waals surface area contributed by atoms with E-state index in [1.54, 1.807) is 12.1 Å². The fraction of sp³-hybridized carbons (Fsp3) is 0.350. The Hall–Kier alpha value is -1.91. The third kappa shape index (κ3) is 7.79. The van der Waals surface area contributed by atoms with Crippen LogP contribution >= 0.6 is 35.6 Å². The molecule has 1 heterocycles. The minimum Gasteiger partial charge on any atom is -0.381 e. The lowest BCUT2D eigenvalue weighted by atomic mass is 10.1. The zero-order valence-corrected chi connectivity index (χ0v) is 18.9. The molecule has 0 spiro atoms. The molecule has 1 saturated heterocycles. The normalized spacial score (nSPS) is 16.2. The molecule has 2 aromatic rings. The van der Waals surface area contributed by atoms with E-state index in [-0.39, 0.29) is 29.7 Å². The lowest BCUT2D eigenvalue weighted by Crippen LogP contribution is -2.39. The summed E-state index contributed by atoms with van der Waals surface area (Å²) in [6.07, 6.45) is 1.04. The summed E-state index contributed by atoms with van der Waals surface area (Å²) in [4.78, 5) is 15.0. The summed E-state index contributed by atoms with van der Waals surface area (Å²) >= 11 is 5.93. The number of nitro groups is 1. The summed E-state index contributed by atoms with van der Waals surface area (Å²) < 4.78 is 5.42. The molecule has 29 heavy (non-hydrogen) atoms. The molecule has 1 aliphatic rings. The van der Waals surface area contributed by atoms with E-state index in [2.05, 4.69) is 15.6 Å². The molecule has 0 radical (unpaired) electrons. The van der Waals surface area contributed by atoms with Gasteiger partial charge in [-0.25, -0.2) is 4.99 Å². The van der Waals surface area contributed by atoms with Gasteiger partial charge >= 0.3 is 0 Å². The van der Waals surface area contributed by atoms with Gasteiger partial charge in [-0.1, -0.05) is 35.9 Å². The number of hydrogen-bond donors (Lipinski definition) is 2. The van der Waals surface area contributed by atoms with E-state index in [0.29, 0.717) is 30.0 Å². The molecule has 2 aromatic carbocycles. The number of nitro benzene ring substituents is 1. The van der Waals surface area contributed by atoms with E-state index < -0.39 is 4.92 Å². The minimum absolute atomic E-state index is 0. The molecule has 0 saturated carbocycles. The largest absolute Gasteiger partial charge is 0.381 e. The average Bonchev–Trinajstić information content (AvgIpc) is 3.22. The summed E-state index contributed by atoms with van der Waals surface area (Å²) in [6.45, 7) is 3.39. The Morgan fingerprint density at radius 2 is 1.83 bits per heavy atom. The molecule has 0 amide bonds. The van der Waals surface area contributed by atoms with Crippen LogP contribution in [0.5, 0.6) is 0 Å². The highest BCUT2D eigenvalue weighted by atomic mass is 127. The Bertz CT molecular complexity index is 809. The molecule has 1 unspecified atom stereocenters. The maximum absolute atomic E-state index is 10.8. The van der Waals surface area contributed by atoms with Gasteiger partial charge in [-0.15, -0.1) is 24.0 Å². The predicted molar refractivity (Wildman–Crippen MR) is 125 cm³/mol. The van der Waals surface area contributed by atoms with Crippen molar-refractivity contribution in [1.82, 2.24) is 10.6 Å². The summed E-state index contributed by atoms with van der Waals surface area (Å²) in [5.41, 5.74) is 2.08. The number of nitrogens with zero attached hydrogens (tertiary/aromatic N) is 2. The van der Waals surface area contributed by atoms with Gasteiger partial charge in [-0.2, -0.15) is 0 Å². The molecule has 1 aliphatic heterocycles. The van der Waals surface area contributed by atoms with Crippen LogP contribution in [0.2, 0.25) is 5.02 Å². The highest BCUT2D eigenvalue weighted by molar-refractivity contribution is 14.0. The topological polar surface area (TPSA) is 88.8 Å². The third-order valence-electron chi connectivity index (χ3n) is 4.52. The Morgan fingerprint density at radius 3 is 2.45 bits per heavy atom. The highest BCUT2D eigenvalue weighted by Gasteiger charge is 2.15. The monoisotopic (exact) mass is 530 g/mol. The zero-order valence-electron chi connectivity index (χ0n) is 15.8. The Kier molecular flexibility index (Phi) is 9.62. The first-order valence-electron chi connectivity index (χ1n) is 9.18. The van der Waals surface area contributed by atoms with Crippen molar-refractivity contribution in [3.63, 3.8) is 0 Å². The number of rotatable bonds is 7. The Labute approximate surface area is 192 Å². The second-order valence-corrected chi connectivity index (χ2v) is 7.12. The summed E-state index contributed by atoms with van der Waals surface area (Å²) in [6, 6.07) is 14.1. The van der Waals surface area contributed by atoms with Gasteiger partial charge in [-0.05, 0) is 29.7 Å². The van der Waals surface area contributed by atoms with Crippen LogP contribution in [0.3, 0.4) is 0 Å². The number of non-ortho nitro benzene ring substituents is 1. The Morgan fingerprint density at radius 1 is 1.14 bits per heavy atom. The van der Waals surface area contributed by atoms with Crippen molar-refractivity contribution >= 4 is 47.2 Å². The van der Waals surface area contributed by atoms with Crippen molar-refractivity contribution in [2.24, 2.45) is 10.9 Å². The molecule has 9 heteroatoms. The van der Waals surface area contributed by atoms with E-state index in [9.17, 15) is 10.1 Å². The van der Waals surface area contributed by atoms with Crippen molar-refractivity contribution in [1.29, 1.82) is 0 Å². The fourth-order valence-electron chi connectivity index (χ4n) is 2.84. The van der Waals surface area contributed by atoms with E-state index in [4.69, 9.17) is 16.3 Å². The van der Waals surface area contributed by atoms with Crippen LogP contribution in [0, 0.1) is 16.0 Å². The molecular formula is C20H24ClIN4O3. The lowest BCUT2D eigenvalue weighted by molar-refractivity contribution is -0.384. The third-order valence-corrected chi connectivity index (χ3v) is 4.77. The number of benzene rings is 2. The molecule has 0 aliphatic carbocycles. The van der Waals surface area contributed by atoms with E-state index in [1.165, 1.54) is 12.1 Å². The minimum atomic E-state index is -0.401. The van der Waals surface area contributed by atoms with Crippen molar-refractivity contribution in [3.05, 3.63) is 74.8 Å². The van der Waals surface area contributed by atoms with Crippen molar-refractivity contribution in [2.75, 3.05) is 19.8 Å². The van der Waals surface area contributed by atoms with Gasteiger partial charge in [0, 0.05) is 42.8 Å².